The SMILES string of the molecule is CNC(=O)c1cccc(F)c1Nc1nc(Nc2ccc3c(c2)OCCCN3C(=O)CN2CCCC2)ncc1Cl. The maximum Gasteiger partial charge on any atom is 0.253 e. The molecule has 1 fully saturated rings. The molecule has 0 saturated carbocycles. The first-order valence-electron chi connectivity index (χ1n) is 12.8. The van der Waals surface area contributed by atoms with Gasteiger partial charge in [0.25, 0.3) is 5.91 Å². The van der Waals surface area contributed by atoms with Crippen LogP contribution in [0.2, 0.25) is 5.02 Å². The summed E-state index contributed by atoms with van der Waals surface area (Å²) in [5.41, 5.74) is 1.41. The molecular formula is C27H29ClFN7O3. The second kappa shape index (κ2) is 11.8. The number of rotatable bonds is 7. The molecule has 10 nitrogen and oxygen atoms in total. The minimum absolute atomic E-state index is 0.0551. The van der Waals surface area contributed by atoms with Crippen molar-refractivity contribution >= 4 is 52.2 Å². The Morgan fingerprint density at radius 1 is 1.10 bits per heavy atom. The number of likely N-dealkylation sites (tertiary alicyclic amines) is 1. The first-order valence-corrected chi connectivity index (χ1v) is 13.2. The molecule has 2 amide bonds. The smallest absolute Gasteiger partial charge is 0.253 e. The summed E-state index contributed by atoms with van der Waals surface area (Å²) >= 11 is 6.29. The summed E-state index contributed by atoms with van der Waals surface area (Å²) in [6, 6.07) is 9.62. The zero-order valence-electron chi connectivity index (χ0n) is 21.5. The summed E-state index contributed by atoms with van der Waals surface area (Å²) in [6.45, 7) is 3.39. The van der Waals surface area contributed by atoms with E-state index in [1.54, 1.807) is 11.0 Å². The number of aromatic nitrogens is 2. The van der Waals surface area contributed by atoms with E-state index < -0.39 is 11.7 Å². The maximum atomic E-state index is 14.6. The van der Waals surface area contributed by atoms with Gasteiger partial charge in [-0.25, -0.2) is 9.37 Å². The number of nitrogens with one attached hydrogen (secondary N) is 3. The van der Waals surface area contributed by atoms with Crippen LogP contribution in [0, 0.1) is 5.82 Å². The predicted octanol–water partition coefficient (Wildman–Crippen LogP) is 4.33. The van der Waals surface area contributed by atoms with Crippen LogP contribution in [0.15, 0.2) is 42.6 Å². The molecule has 3 aromatic rings. The van der Waals surface area contributed by atoms with Crippen LogP contribution in [0.25, 0.3) is 0 Å². The normalized spacial score (nSPS) is 15.2. The summed E-state index contributed by atoms with van der Waals surface area (Å²) in [6.07, 6.45) is 4.36. The van der Waals surface area contributed by atoms with Crippen molar-refractivity contribution in [1.29, 1.82) is 0 Å². The third kappa shape index (κ3) is 6.04. The lowest BCUT2D eigenvalue weighted by atomic mass is 10.1. The van der Waals surface area contributed by atoms with Crippen LogP contribution in [0.4, 0.5) is 33.2 Å². The molecule has 0 radical (unpaired) electrons. The number of hydrogen-bond acceptors (Lipinski definition) is 8. The number of hydrogen-bond donors (Lipinski definition) is 3. The number of ether oxygens (including phenoxy) is 1. The lowest BCUT2D eigenvalue weighted by Crippen LogP contribution is -2.39. The molecule has 3 N–H and O–H groups in total. The Morgan fingerprint density at radius 2 is 1.92 bits per heavy atom. The molecule has 5 rings (SSSR count). The fraction of sp³-hybridized carbons (Fsp3) is 0.333. The van der Waals surface area contributed by atoms with Gasteiger partial charge in [0, 0.05) is 25.3 Å². The van der Waals surface area contributed by atoms with Gasteiger partial charge in [-0.05, 0) is 56.6 Å². The Morgan fingerprint density at radius 3 is 2.72 bits per heavy atom. The summed E-state index contributed by atoms with van der Waals surface area (Å²) in [7, 11) is 1.46. The molecule has 3 heterocycles. The number of para-hydroxylation sites is 1. The van der Waals surface area contributed by atoms with Gasteiger partial charge in [0.2, 0.25) is 11.9 Å². The number of carbonyl (C=O) groups excluding carboxylic acids is 2. The molecule has 39 heavy (non-hydrogen) atoms. The van der Waals surface area contributed by atoms with Crippen molar-refractivity contribution in [3.8, 4) is 5.75 Å². The van der Waals surface area contributed by atoms with Crippen LogP contribution in [0.5, 0.6) is 5.75 Å². The summed E-state index contributed by atoms with van der Waals surface area (Å²) in [4.78, 5) is 37.9. The van der Waals surface area contributed by atoms with Crippen molar-refractivity contribution in [2.24, 2.45) is 0 Å². The Balaban J connectivity index is 1.36. The van der Waals surface area contributed by atoms with Crippen LogP contribution < -0.4 is 25.6 Å². The van der Waals surface area contributed by atoms with E-state index in [1.165, 1.54) is 31.4 Å². The van der Waals surface area contributed by atoms with E-state index in [2.05, 4.69) is 30.8 Å². The average molecular weight is 554 g/mol. The zero-order valence-corrected chi connectivity index (χ0v) is 22.2. The highest BCUT2D eigenvalue weighted by Gasteiger charge is 2.25. The number of fused-ring (bicyclic) bond motifs is 1. The van der Waals surface area contributed by atoms with E-state index in [1.807, 2.05) is 12.1 Å². The van der Waals surface area contributed by atoms with Gasteiger partial charge in [0.15, 0.2) is 5.82 Å². The van der Waals surface area contributed by atoms with Gasteiger partial charge < -0.3 is 25.6 Å². The number of anilines is 5. The van der Waals surface area contributed by atoms with Gasteiger partial charge >= 0.3 is 0 Å². The van der Waals surface area contributed by atoms with E-state index in [4.69, 9.17) is 16.3 Å². The van der Waals surface area contributed by atoms with Crippen molar-refractivity contribution in [3.63, 3.8) is 0 Å². The second-order valence-corrected chi connectivity index (χ2v) is 9.70. The highest BCUT2D eigenvalue weighted by Crippen LogP contribution is 2.35. The molecular weight excluding hydrogens is 525 g/mol. The molecule has 0 atom stereocenters. The number of benzene rings is 2. The molecule has 2 aliphatic rings. The molecule has 0 spiro atoms. The summed E-state index contributed by atoms with van der Waals surface area (Å²) < 4.78 is 20.6. The van der Waals surface area contributed by atoms with Crippen LogP contribution in [0.3, 0.4) is 0 Å². The van der Waals surface area contributed by atoms with Crippen LogP contribution in [-0.4, -0.2) is 66.5 Å². The molecule has 2 aliphatic heterocycles. The van der Waals surface area contributed by atoms with Crippen molar-refractivity contribution in [3.05, 3.63) is 59.0 Å². The number of nitrogens with zero attached hydrogens (tertiary/aromatic N) is 4. The minimum atomic E-state index is -0.632. The molecule has 12 heteroatoms. The maximum absolute atomic E-state index is 14.6. The minimum Gasteiger partial charge on any atom is -0.491 e. The Kier molecular flexibility index (Phi) is 8.08. The Bertz CT molecular complexity index is 1380. The van der Waals surface area contributed by atoms with E-state index in [9.17, 15) is 14.0 Å². The molecule has 0 bridgehead atoms. The largest absolute Gasteiger partial charge is 0.491 e. The Hall–Kier alpha value is -3.96. The fourth-order valence-corrected chi connectivity index (χ4v) is 4.81. The van der Waals surface area contributed by atoms with Crippen molar-refractivity contribution < 1.29 is 18.7 Å². The first kappa shape index (κ1) is 26.6. The standard InChI is InChI=1S/C27H29ClFN7O3/c1-30-26(38)18-6-4-7-20(29)24(18)33-25-19(28)15-31-27(34-25)32-17-8-9-21-22(14-17)39-13-5-12-36(21)23(37)16-35-10-2-3-11-35/h4,6-9,14-15H,2-3,5,10-13,16H2,1H3,(H,30,38)(H2,31,32,33,34). The molecule has 1 aromatic heterocycles. The Labute approximate surface area is 230 Å². The van der Waals surface area contributed by atoms with Crippen molar-refractivity contribution in [2.45, 2.75) is 19.3 Å². The van der Waals surface area contributed by atoms with Gasteiger partial charge in [0.05, 0.1) is 36.3 Å². The van der Waals surface area contributed by atoms with Crippen LogP contribution >= 0.6 is 11.6 Å². The lowest BCUT2D eigenvalue weighted by molar-refractivity contribution is -0.119. The lowest BCUT2D eigenvalue weighted by Gasteiger charge is -2.25. The van der Waals surface area contributed by atoms with Gasteiger partial charge in [-0.1, -0.05) is 17.7 Å². The molecule has 1 saturated heterocycles. The third-order valence-corrected chi connectivity index (χ3v) is 6.90. The molecule has 204 valence electrons. The first-order chi connectivity index (χ1) is 18.9. The zero-order chi connectivity index (χ0) is 27.4. The second-order valence-electron chi connectivity index (χ2n) is 9.29. The fourth-order valence-electron chi connectivity index (χ4n) is 4.67. The molecule has 2 aromatic carbocycles. The van der Waals surface area contributed by atoms with Crippen molar-refractivity contribution in [2.75, 3.05) is 55.4 Å². The van der Waals surface area contributed by atoms with E-state index >= 15 is 0 Å². The van der Waals surface area contributed by atoms with Gasteiger partial charge in [0.1, 0.15) is 16.6 Å². The van der Waals surface area contributed by atoms with Crippen molar-refractivity contribution in [1.82, 2.24) is 20.2 Å². The van der Waals surface area contributed by atoms with Gasteiger partial charge in [-0.3, -0.25) is 14.5 Å². The van der Waals surface area contributed by atoms with E-state index in [-0.39, 0.29) is 33.9 Å². The van der Waals surface area contributed by atoms with Gasteiger partial charge in [-0.15, -0.1) is 0 Å². The number of amides is 2. The van der Waals surface area contributed by atoms with Crippen LogP contribution in [0.1, 0.15) is 29.6 Å². The third-order valence-electron chi connectivity index (χ3n) is 6.62. The quantitative estimate of drug-likeness (QED) is 0.396. The summed E-state index contributed by atoms with van der Waals surface area (Å²) in [5.74, 6) is -0.138. The highest BCUT2D eigenvalue weighted by molar-refractivity contribution is 6.33. The monoisotopic (exact) mass is 553 g/mol. The van der Waals surface area contributed by atoms with E-state index in [0.29, 0.717) is 31.1 Å². The number of carbonyl (C=O) groups is 2. The molecule has 0 aliphatic carbocycles. The summed E-state index contributed by atoms with van der Waals surface area (Å²) in [5, 5.41) is 8.56. The topological polar surface area (TPSA) is 112 Å². The highest BCUT2D eigenvalue weighted by atomic mass is 35.5. The van der Waals surface area contributed by atoms with Crippen LogP contribution in [-0.2, 0) is 4.79 Å². The average Bonchev–Trinajstić information content (AvgIpc) is 3.35. The molecule has 0 unspecified atom stereocenters. The predicted molar refractivity (Wildman–Crippen MR) is 148 cm³/mol. The van der Waals surface area contributed by atoms with E-state index in [0.717, 1.165) is 38.0 Å². The van der Waals surface area contributed by atoms with Gasteiger partial charge in [-0.2, -0.15) is 4.98 Å². The number of halogens is 2.